The van der Waals surface area contributed by atoms with Gasteiger partial charge in [-0.25, -0.2) is 0 Å². The molecule has 2 heterocycles. The van der Waals surface area contributed by atoms with Crippen LogP contribution in [0.2, 0.25) is 0 Å². The zero-order valence-corrected chi connectivity index (χ0v) is 11.4. The predicted molar refractivity (Wildman–Crippen MR) is 70.8 cm³/mol. The molecule has 0 unspecified atom stereocenters. The summed E-state index contributed by atoms with van der Waals surface area (Å²) < 4.78 is 5.28. The van der Waals surface area contributed by atoms with E-state index in [1.807, 2.05) is 18.5 Å². The van der Waals surface area contributed by atoms with Gasteiger partial charge in [-0.3, -0.25) is 4.79 Å². The van der Waals surface area contributed by atoms with Crippen LogP contribution in [0.4, 0.5) is 0 Å². The standard InChI is InChI=1S/C13H19NO3S/c1-14(9-11-3-2-8-18-11)10-13(12(15)16)4-6-17-7-5-13/h2-3,8H,4-7,9-10H2,1H3,(H,15,16). The second-order valence-electron chi connectivity index (χ2n) is 4.95. The van der Waals surface area contributed by atoms with Crippen LogP contribution in [0.3, 0.4) is 0 Å². The molecule has 1 N–H and O–H groups in total. The van der Waals surface area contributed by atoms with Crippen LogP contribution in [-0.2, 0) is 16.1 Å². The molecule has 1 aliphatic rings. The summed E-state index contributed by atoms with van der Waals surface area (Å²) in [5, 5.41) is 11.5. The number of ether oxygens (including phenoxy) is 1. The summed E-state index contributed by atoms with van der Waals surface area (Å²) >= 11 is 1.71. The minimum atomic E-state index is -0.691. The van der Waals surface area contributed by atoms with Gasteiger partial charge in [-0.2, -0.15) is 0 Å². The summed E-state index contributed by atoms with van der Waals surface area (Å²) in [6, 6.07) is 4.11. The molecule has 1 aromatic heterocycles. The number of hydrogen-bond acceptors (Lipinski definition) is 4. The molecule has 100 valence electrons. The van der Waals surface area contributed by atoms with Gasteiger partial charge in [-0.1, -0.05) is 6.07 Å². The van der Waals surface area contributed by atoms with Gasteiger partial charge >= 0.3 is 5.97 Å². The smallest absolute Gasteiger partial charge is 0.311 e. The third kappa shape index (κ3) is 3.10. The van der Waals surface area contributed by atoms with Gasteiger partial charge in [0, 0.05) is 31.2 Å². The van der Waals surface area contributed by atoms with Crippen molar-refractivity contribution < 1.29 is 14.6 Å². The third-order valence-electron chi connectivity index (χ3n) is 3.48. The van der Waals surface area contributed by atoms with Gasteiger partial charge in [0.25, 0.3) is 0 Å². The number of thiophene rings is 1. The molecule has 1 saturated heterocycles. The fourth-order valence-electron chi connectivity index (χ4n) is 2.44. The predicted octanol–water partition coefficient (Wildman–Crippen LogP) is 2.06. The third-order valence-corrected chi connectivity index (χ3v) is 4.34. The fraction of sp³-hybridized carbons (Fsp3) is 0.615. The van der Waals surface area contributed by atoms with Gasteiger partial charge in [-0.05, 0) is 31.3 Å². The van der Waals surface area contributed by atoms with E-state index >= 15 is 0 Å². The van der Waals surface area contributed by atoms with E-state index in [9.17, 15) is 9.90 Å². The largest absolute Gasteiger partial charge is 0.481 e. The maximum absolute atomic E-state index is 11.5. The average molecular weight is 269 g/mol. The highest BCUT2D eigenvalue weighted by atomic mass is 32.1. The van der Waals surface area contributed by atoms with Crippen molar-refractivity contribution in [1.29, 1.82) is 0 Å². The average Bonchev–Trinajstić information content (AvgIpc) is 2.82. The van der Waals surface area contributed by atoms with Crippen molar-refractivity contribution in [3.63, 3.8) is 0 Å². The molecule has 4 nitrogen and oxygen atoms in total. The van der Waals surface area contributed by atoms with Crippen molar-refractivity contribution >= 4 is 17.3 Å². The molecular formula is C13H19NO3S. The van der Waals surface area contributed by atoms with E-state index in [4.69, 9.17) is 4.74 Å². The fourth-order valence-corrected chi connectivity index (χ4v) is 3.23. The lowest BCUT2D eigenvalue weighted by atomic mass is 9.80. The molecule has 1 aromatic rings. The number of nitrogens with zero attached hydrogens (tertiary/aromatic N) is 1. The van der Waals surface area contributed by atoms with Gasteiger partial charge in [0.2, 0.25) is 0 Å². The van der Waals surface area contributed by atoms with Crippen molar-refractivity contribution in [1.82, 2.24) is 4.90 Å². The molecule has 0 radical (unpaired) electrons. The molecule has 0 spiro atoms. The number of carbonyl (C=O) groups is 1. The molecule has 18 heavy (non-hydrogen) atoms. The first-order valence-corrected chi connectivity index (χ1v) is 7.02. The number of rotatable bonds is 5. The van der Waals surface area contributed by atoms with Crippen LogP contribution < -0.4 is 0 Å². The van der Waals surface area contributed by atoms with E-state index in [1.54, 1.807) is 11.3 Å². The molecule has 2 rings (SSSR count). The van der Waals surface area contributed by atoms with Crippen LogP contribution in [0.1, 0.15) is 17.7 Å². The van der Waals surface area contributed by atoms with E-state index < -0.39 is 11.4 Å². The molecule has 1 aliphatic heterocycles. The van der Waals surface area contributed by atoms with Gasteiger partial charge in [0.15, 0.2) is 0 Å². The normalized spacial score (nSPS) is 19.0. The Balaban J connectivity index is 1.98. The summed E-state index contributed by atoms with van der Waals surface area (Å²) in [5.74, 6) is -0.691. The van der Waals surface area contributed by atoms with Gasteiger partial charge in [0.05, 0.1) is 5.41 Å². The van der Waals surface area contributed by atoms with E-state index in [0.29, 0.717) is 32.6 Å². The highest BCUT2D eigenvalue weighted by Gasteiger charge is 2.40. The first-order valence-electron chi connectivity index (χ1n) is 6.14. The van der Waals surface area contributed by atoms with Crippen molar-refractivity contribution in [3.05, 3.63) is 22.4 Å². The first-order chi connectivity index (χ1) is 8.62. The lowest BCUT2D eigenvalue weighted by molar-refractivity contribution is -0.156. The Morgan fingerprint density at radius 2 is 2.28 bits per heavy atom. The lowest BCUT2D eigenvalue weighted by Crippen LogP contribution is -2.45. The van der Waals surface area contributed by atoms with E-state index in [-0.39, 0.29) is 0 Å². The van der Waals surface area contributed by atoms with Crippen LogP contribution in [0.15, 0.2) is 17.5 Å². The van der Waals surface area contributed by atoms with Crippen LogP contribution >= 0.6 is 11.3 Å². The summed E-state index contributed by atoms with van der Waals surface area (Å²) in [4.78, 5) is 14.9. The second-order valence-corrected chi connectivity index (χ2v) is 5.98. The van der Waals surface area contributed by atoms with E-state index in [0.717, 1.165) is 6.54 Å². The van der Waals surface area contributed by atoms with Crippen LogP contribution in [0, 0.1) is 5.41 Å². The first kappa shape index (κ1) is 13.5. The Labute approximate surface area is 111 Å². The van der Waals surface area contributed by atoms with Crippen molar-refractivity contribution in [3.8, 4) is 0 Å². The number of aliphatic carboxylic acids is 1. The van der Waals surface area contributed by atoms with Crippen LogP contribution in [-0.4, -0.2) is 42.8 Å². The Bertz CT molecular complexity index is 385. The minimum absolute atomic E-state index is 0.555. The molecule has 1 fully saturated rings. The molecule has 0 atom stereocenters. The van der Waals surface area contributed by atoms with Gasteiger partial charge in [-0.15, -0.1) is 11.3 Å². The van der Waals surface area contributed by atoms with E-state index in [2.05, 4.69) is 11.0 Å². The number of hydrogen-bond donors (Lipinski definition) is 1. The Kier molecular flexibility index (Phi) is 4.37. The monoisotopic (exact) mass is 269 g/mol. The SMILES string of the molecule is CN(Cc1cccs1)CC1(C(=O)O)CCOCC1. The zero-order valence-electron chi connectivity index (χ0n) is 10.6. The molecule has 0 aromatic carbocycles. The number of carboxylic acid groups (broad SMARTS) is 1. The Morgan fingerprint density at radius 1 is 1.56 bits per heavy atom. The molecule has 0 aliphatic carbocycles. The molecular weight excluding hydrogens is 250 g/mol. The van der Waals surface area contributed by atoms with Gasteiger partial charge < -0.3 is 14.7 Å². The zero-order chi connectivity index (χ0) is 13.0. The summed E-state index contributed by atoms with van der Waals surface area (Å²) in [5.41, 5.74) is -0.635. The molecule has 0 bridgehead atoms. The van der Waals surface area contributed by atoms with Crippen LogP contribution in [0.25, 0.3) is 0 Å². The highest BCUT2D eigenvalue weighted by Crippen LogP contribution is 2.32. The lowest BCUT2D eigenvalue weighted by Gasteiger charge is -2.36. The quantitative estimate of drug-likeness (QED) is 0.889. The Hall–Kier alpha value is -0.910. The summed E-state index contributed by atoms with van der Waals surface area (Å²) in [7, 11) is 1.99. The summed E-state index contributed by atoms with van der Waals surface area (Å²) in [6.45, 7) is 2.51. The molecule has 5 heteroatoms. The summed E-state index contributed by atoms with van der Waals surface area (Å²) in [6.07, 6.45) is 1.22. The van der Waals surface area contributed by atoms with Crippen LogP contribution in [0.5, 0.6) is 0 Å². The van der Waals surface area contributed by atoms with E-state index in [1.165, 1.54) is 4.88 Å². The number of carboxylic acids is 1. The van der Waals surface area contributed by atoms with Crippen molar-refractivity contribution in [2.24, 2.45) is 5.41 Å². The van der Waals surface area contributed by atoms with Gasteiger partial charge in [0.1, 0.15) is 0 Å². The maximum Gasteiger partial charge on any atom is 0.311 e. The second kappa shape index (κ2) is 5.82. The minimum Gasteiger partial charge on any atom is -0.481 e. The topological polar surface area (TPSA) is 49.8 Å². The van der Waals surface area contributed by atoms with Crippen molar-refractivity contribution in [2.75, 3.05) is 26.8 Å². The molecule has 0 saturated carbocycles. The maximum atomic E-state index is 11.5. The van der Waals surface area contributed by atoms with Crippen molar-refractivity contribution in [2.45, 2.75) is 19.4 Å². The Morgan fingerprint density at radius 3 is 2.83 bits per heavy atom. The highest BCUT2D eigenvalue weighted by molar-refractivity contribution is 7.09. The molecule has 0 amide bonds.